The van der Waals surface area contributed by atoms with Gasteiger partial charge in [-0.15, -0.1) is 0 Å². The number of aryl methyl sites for hydroxylation is 1. The van der Waals surface area contributed by atoms with E-state index in [2.05, 4.69) is 40.5 Å². The van der Waals surface area contributed by atoms with E-state index < -0.39 is 0 Å². The van der Waals surface area contributed by atoms with Crippen molar-refractivity contribution in [2.75, 3.05) is 13.2 Å². The zero-order valence-corrected chi connectivity index (χ0v) is 13.3. The third kappa shape index (κ3) is 3.76. The monoisotopic (exact) mass is 299 g/mol. The van der Waals surface area contributed by atoms with Gasteiger partial charge in [0.05, 0.1) is 5.69 Å². The summed E-state index contributed by atoms with van der Waals surface area (Å²) in [5.41, 5.74) is 3.57. The van der Waals surface area contributed by atoms with Gasteiger partial charge in [-0.2, -0.15) is 5.10 Å². The van der Waals surface area contributed by atoms with E-state index in [1.54, 1.807) is 0 Å². The molecule has 4 heteroatoms. The van der Waals surface area contributed by atoms with Crippen LogP contribution in [0.25, 0.3) is 11.3 Å². The molecular weight excluding hydrogens is 274 g/mol. The Labute approximate surface area is 132 Å². The maximum Gasteiger partial charge on any atom is 0.0968 e. The van der Waals surface area contributed by atoms with Crippen molar-refractivity contribution in [2.45, 2.75) is 38.3 Å². The molecule has 118 valence electrons. The molecule has 1 N–H and O–H groups in total. The average Bonchev–Trinajstić information content (AvgIpc) is 3.31. The van der Waals surface area contributed by atoms with Gasteiger partial charge in [0.1, 0.15) is 0 Å². The highest BCUT2D eigenvalue weighted by Gasteiger charge is 2.29. The minimum Gasteiger partial charge on any atom is -0.396 e. The van der Waals surface area contributed by atoms with Gasteiger partial charge in [-0.1, -0.05) is 30.3 Å². The first-order valence-electron chi connectivity index (χ1n) is 8.21. The lowest BCUT2D eigenvalue weighted by molar-refractivity contribution is 0.229. The summed E-state index contributed by atoms with van der Waals surface area (Å²) in [5.74, 6) is 0. The minimum absolute atomic E-state index is 0.292. The summed E-state index contributed by atoms with van der Waals surface area (Å²) >= 11 is 0. The molecular formula is C18H25N3O. The van der Waals surface area contributed by atoms with Crippen LogP contribution < -0.4 is 0 Å². The first-order chi connectivity index (χ1) is 10.8. The number of unbranched alkanes of at least 4 members (excludes halogenated alkanes) is 1. The first-order valence-corrected chi connectivity index (χ1v) is 8.21. The Kier molecular flexibility index (Phi) is 4.90. The lowest BCUT2D eigenvalue weighted by Gasteiger charge is -2.21. The SMILES string of the molecule is Cn1cc(CN(CCCCO)C2CC2)c(-c2ccccc2)n1. The molecule has 0 radical (unpaired) electrons. The third-order valence-electron chi connectivity index (χ3n) is 4.24. The van der Waals surface area contributed by atoms with Gasteiger partial charge in [-0.3, -0.25) is 9.58 Å². The molecule has 1 aliphatic carbocycles. The summed E-state index contributed by atoms with van der Waals surface area (Å²) in [5, 5.41) is 13.6. The van der Waals surface area contributed by atoms with E-state index in [1.807, 2.05) is 17.8 Å². The zero-order chi connectivity index (χ0) is 15.4. The molecule has 1 heterocycles. The minimum atomic E-state index is 0.292. The molecule has 2 aromatic rings. The maximum absolute atomic E-state index is 8.99. The summed E-state index contributed by atoms with van der Waals surface area (Å²) in [7, 11) is 1.99. The van der Waals surface area contributed by atoms with Crippen molar-refractivity contribution in [2.24, 2.45) is 7.05 Å². The van der Waals surface area contributed by atoms with E-state index in [0.29, 0.717) is 6.61 Å². The topological polar surface area (TPSA) is 41.3 Å². The molecule has 0 amide bonds. The quantitative estimate of drug-likeness (QED) is 0.762. The van der Waals surface area contributed by atoms with Crippen LogP contribution in [0.3, 0.4) is 0 Å². The van der Waals surface area contributed by atoms with Crippen LogP contribution in [0.5, 0.6) is 0 Å². The molecule has 1 aliphatic rings. The molecule has 0 spiro atoms. The van der Waals surface area contributed by atoms with Crippen LogP contribution in [0, 0.1) is 0 Å². The molecule has 4 nitrogen and oxygen atoms in total. The summed E-state index contributed by atoms with van der Waals surface area (Å²) in [6.07, 6.45) is 6.71. The normalized spacial score (nSPS) is 14.7. The Balaban J connectivity index is 1.76. The smallest absolute Gasteiger partial charge is 0.0968 e. The summed E-state index contributed by atoms with van der Waals surface area (Å²) in [4.78, 5) is 2.55. The van der Waals surface area contributed by atoms with Crippen molar-refractivity contribution in [3.05, 3.63) is 42.1 Å². The van der Waals surface area contributed by atoms with Gasteiger partial charge < -0.3 is 5.11 Å². The summed E-state index contributed by atoms with van der Waals surface area (Å²) < 4.78 is 1.91. The number of benzene rings is 1. The van der Waals surface area contributed by atoms with Gasteiger partial charge >= 0.3 is 0 Å². The fourth-order valence-electron chi connectivity index (χ4n) is 2.97. The van der Waals surface area contributed by atoms with Crippen LogP contribution >= 0.6 is 0 Å². The van der Waals surface area contributed by atoms with E-state index in [9.17, 15) is 0 Å². The predicted molar refractivity (Wildman–Crippen MR) is 88.4 cm³/mol. The molecule has 0 unspecified atom stereocenters. The number of rotatable bonds is 8. The zero-order valence-electron chi connectivity index (χ0n) is 13.3. The fourth-order valence-corrected chi connectivity index (χ4v) is 2.97. The van der Waals surface area contributed by atoms with Crippen molar-refractivity contribution in [1.82, 2.24) is 14.7 Å². The number of aliphatic hydroxyl groups excluding tert-OH is 1. The highest BCUT2D eigenvalue weighted by atomic mass is 16.2. The van der Waals surface area contributed by atoms with Crippen LogP contribution in [0.15, 0.2) is 36.5 Å². The number of aliphatic hydroxyl groups is 1. The molecule has 1 aromatic carbocycles. The van der Waals surface area contributed by atoms with Crippen LogP contribution in [-0.4, -0.2) is 39.0 Å². The van der Waals surface area contributed by atoms with Gasteiger partial charge in [0.25, 0.3) is 0 Å². The van der Waals surface area contributed by atoms with Gasteiger partial charge in [0, 0.05) is 43.6 Å². The Morgan fingerprint density at radius 3 is 2.68 bits per heavy atom. The van der Waals surface area contributed by atoms with Crippen molar-refractivity contribution in [3.8, 4) is 11.3 Å². The molecule has 22 heavy (non-hydrogen) atoms. The second kappa shape index (κ2) is 7.07. The Morgan fingerprint density at radius 1 is 1.23 bits per heavy atom. The maximum atomic E-state index is 8.99. The fraction of sp³-hybridized carbons (Fsp3) is 0.500. The summed E-state index contributed by atoms with van der Waals surface area (Å²) in [6.45, 7) is 2.31. The molecule has 1 aromatic heterocycles. The van der Waals surface area contributed by atoms with Crippen LogP contribution in [0.1, 0.15) is 31.2 Å². The van der Waals surface area contributed by atoms with Crippen LogP contribution in [0.4, 0.5) is 0 Å². The van der Waals surface area contributed by atoms with Gasteiger partial charge in [-0.25, -0.2) is 0 Å². The van der Waals surface area contributed by atoms with Gasteiger partial charge in [0.2, 0.25) is 0 Å². The van der Waals surface area contributed by atoms with Crippen molar-refractivity contribution in [1.29, 1.82) is 0 Å². The second-order valence-corrected chi connectivity index (χ2v) is 6.18. The molecule has 0 atom stereocenters. The van der Waals surface area contributed by atoms with E-state index in [0.717, 1.165) is 37.7 Å². The summed E-state index contributed by atoms with van der Waals surface area (Å²) in [6, 6.07) is 11.1. The molecule has 0 bridgehead atoms. The number of hydrogen-bond acceptors (Lipinski definition) is 3. The van der Waals surface area contributed by atoms with E-state index in [1.165, 1.54) is 24.0 Å². The lowest BCUT2D eigenvalue weighted by Crippen LogP contribution is -2.27. The standard InChI is InChI=1S/C18H25N3O/c1-20-13-16(18(19-20)15-7-3-2-4-8-15)14-21(17-9-10-17)11-5-6-12-22/h2-4,7-8,13,17,22H,5-6,9-12,14H2,1H3. The van der Waals surface area contributed by atoms with Crippen molar-refractivity contribution in [3.63, 3.8) is 0 Å². The lowest BCUT2D eigenvalue weighted by atomic mass is 10.1. The molecule has 0 saturated heterocycles. The van der Waals surface area contributed by atoms with Gasteiger partial charge in [0.15, 0.2) is 0 Å². The molecule has 0 aliphatic heterocycles. The largest absolute Gasteiger partial charge is 0.396 e. The molecule has 1 saturated carbocycles. The van der Waals surface area contributed by atoms with Gasteiger partial charge in [-0.05, 0) is 32.2 Å². The van der Waals surface area contributed by atoms with Crippen LogP contribution in [0.2, 0.25) is 0 Å². The van der Waals surface area contributed by atoms with E-state index in [4.69, 9.17) is 5.11 Å². The number of hydrogen-bond donors (Lipinski definition) is 1. The van der Waals surface area contributed by atoms with Crippen molar-refractivity contribution < 1.29 is 5.11 Å². The van der Waals surface area contributed by atoms with E-state index in [-0.39, 0.29) is 0 Å². The highest BCUT2D eigenvalue weighted by molar-refractivity contribution is 5.62. The Morgan fingerprint density at radius 2 is 2.00 bits per heavy atom. The molecule has 1 fully saturated rings. The number of aromatic nitrogens is 2. The predicted octanol–water partition coefficient (Wildman–Crippen LogP) is 2.82. The van der Waals surface area contributed by atoms with Crippen molar-refractivity contribution >= 4 is 0 Å². The Hall–Kier alpha value is -1.65. The highest BCUT2D eigenvalue weighted by Crippen LogP contribution is 2.30. The third-order valence-corrected chi connectivity index (χ3v) is 4.24. The first kappa shape index (κ1) is 15.3. The Bertz CT molecular complexity index is 590. The molecule has 3 rings (SSSR count). The second-order valence-electron chi connectivity index (χ2n) is 6.18. The van der Waals surface area contributed by atoms with Crippen LogP contribution in [-0.2, 0) is 13.6 Å². The van der Waals surface area contributed by atoms with E-state index >= 15 is 0 Å². The number of nitrogens with zero attached hydrogens (tertiary/aromatic N) is 3. The average molecular weight is 299 g/mol.